The van der Waals surface area contributed by atoms with Crippen LogP contribution >= 0.6 is 0 Å². The second-order valence-electron chi connectivity index (χ2n) is 4.06. The molecule has 2 aliphatic rings. The highest BCUT2D eigenvalue weighted by atomic mass is 14.6. The van der Waals surface area contributed by atoms with Gasteiger partial charge in [0.05, 0.1) is 0 Å². The number of fused-ring (bicyclic) bond motifs is 1. The highest BCUT2D eigenvalue weighted by molar-refractivity contribution is 5.04. The minimum Gasteiger partial charge on any atom is -0.0654 e. The lowest BCUT2D eigenvalue weighted by Gasteiger charge is -2.04. The third kappa shape index (κ3) is 0.980. The molecule has 0 radical (unpaired) electrons. The highest BCUT2D eigenvalue weighted by Gasteiger charge is 2.55. The summed E-state index contributed by atoms with van der Waals surface area (Å²) >= 11 is 0. The van der Waals surface area contributed by atoms with E-state index >= 15 is 0 Å². The van der Waals surface area contributed by atoms with Gasteiger partial charge in [-0.05, 0) is 37.0 Å². The Kier molecular flexibility index (Phi) is 1.71. The van der Waals surface area contributed by atoms with E-state index in [9.17, 15) is 0 Å². The van der Waals surface area contributed by atoms with Crippen molar-refractivity contribution in [1.82, 2.24) is 0 Å². The summed E-state index contributed by atoms with van der Waals surface area (Å²) in [6, 6.07) is 0. The van der Waals surface area contributed by atoms with Crippen molar-refractivity contribution in [2.24, 2.45) is 17.8 Å². The lowest BCUT2D eigenvalue weighted by molar-refractivity contribution is 0.468. The maximum absolute atomic E-state index is 2.29. The smallest absolute Gasteiger partial charge is 0.0352 e. The molecule has 58 valence electrons. The summed E-state index contributed by atoms with van der Waals surface area (Å²) < 4.78 is 0. The zero-order valence-corrected chi connectivity index (χ0v) is 6.97. The molecule has 2 saturated carbocycles. The van der Waals surface area contributed by atoms with E-state index in [-0.39, 0.29) is 0 Å². The van der Waals surface area contributed by atoms with Crippen LogP contribution < -0.4 is 0 Å². The lowest BCUT2D eigenvalue weighted by atomic mass is 10.0. The van der Waals surface area contributed by atoms with Crippen LogP contribution in [-0.4, -0.2) is 0 Å². The standard InChI is InChI=1S/C10H18/c1-2-3-4-5-8-9-6-7-10(8)9/h8-10H,2-7H2,1H3. The van der Waals surface area contributed by atoms with Crippen molar-refractivity contribution in [2.45, 2.75) is 45.4 Å². The fourth-order valence-electron chi connectivity index (χ4n) is 2.56. The van der Waals surface area contributed by atoms with Gasteiger partial charge in [0.2, 0.25) is 0 Å². The third-order valence-electron chi connectivity index (χ3n) is 3.48. The van der Waals surface area contributed by atoms with E-state index in [0.717, 1.165) is 0 Å². The van der Waals surface area contributed by atoms with Gasteiger partial charge in [-0.3, -0.25) is 0 Å². The third-order valence-corrected chi connectivity index (χ3v) is 3.48. The molecule has 0 aromatic heterocycles. The van der Waals surface area contributed by atoms with Crippen LogP contribution in [0.1, 0.15) is 45.4 Å². The quantitative estimate of drug-likeness (QED) is 0.523. The van der Waals surface area contributed by atoms with E-state index in [1.54, 1.807) is 19.3 Å². The molecule has 2 fully saturated rings. The Hall–Kier alpha value is 0. The van der Waals surface area contributed by atoms with E-state index in [0.29, 0.717) is 0 Å². The van der Waals surface area contributed by atoms with Gasteiger partial charge in [0.1, 0.15) is 0 Å². The van der Waals surface area contributed by atoms with Crippen LogP contribution in [-0.2, 0) is 0 Å². The summed E-state index contributed by atoms with van der Waals surface area (Å²) in [6.45, 7) is 2.29. The molecule has 0 aromatic carbocycles. The number of hydrogen-bond donors (Lipinski definition) is 0. The first-order valence-corrected chi connectivity index (χ1v) is 4.93. The van der Waals surface area contributed by atoms with Gasteiger partial charge < -0.3 is 0 Å². The van der Waals surface area contributed by atoms with Crippen LogP contribution in [0.3, 0.4) is 0 Å². The molecular formula is C10H18. The largest absolute Gasteiger partial charge is 0.0654 e. The summed E-state index contributed by atoms with van der Waals surface area (Å²) in [4.78, 5) is 0. The van der Waals surface area contributed by atoms with Crippen LogP contribution in [0, 0.1) is 17.8 Å². The molecule has 10 heavy (non-hydrogen) atoms. The van der Waals surface area contributed by atoms with E-state index in [4.69, 9.17) is 0 Å². The molecule has 0 heterocycles. The Balaban J connectivity index is 1.56. The number of rotatable bonds is 4. The summed E-state index contributed by atoms with van der Waals surface area (Å²) in [5, 5.41) is 0. The summed E-state index contributed by atoms with van der Waals surface area (Å²) in [7, 11) is 0. The average Bonchev–Trinajstić information content (AvgIpc) is 2.33. The Morgan fingerprint density at radius 2 is 1.80 bits per heavy atom. The Morgan fingerprint density at radius 3 is 2.30 bits per heavy atom. The highest BCUT2D eigenvalue weighted by Crippen LogP contribution is 2.63. The fourth-order valence-corrected chi connectivity index (χ4v) is 2.56. The molecule has 0 amide bonds. The predicted molar refractivity (Wildman–Crippen MR) is 43.8 cm³/mol. The first-order valence-electron chi connectivity index (χ1n) is 4.93. The van der Waals surface area contributed by atoms with Gasteiger partial charge in [-0.1, -0.05) is 26.2 Å². The van der Waals surface area contributed by atoms with Crippen molar-refractivity contribution >= 4 is 0 Å². The Morgan fingerprint density at radius 1 is 1.10 bits per heavy atom. The fraction of sp³-hybridized carbons (Fsp3) is 1.00. The second kappa shape index (κ2) is 2.56. The zero-order valence-electron chi connectivity index (χ0n) is 6.97. The summed E-state index contributed by atoms with van der Waals surface area (Å²) in [5.74, 6) is 3.64. The van der Waals surface area contributed by atoms with E-state index in [1.807, 2.05) is 0 Å². The van der Waals surface area contributed by atoms with Crippen molar-refractivity contribution in [2.75, 3.05) is 0 Å². The molecule has 2 rings (SSSR count). The SMILES string of the molecule is CCCCCC1C2CCC12. The van der Waals surface area contributed by atoms with Crippen LogP contribution in [0.4, 0.5) is 0 Å². The number of hydrogen-bond acceptors (Lipinski definition) is 0. The normalized spacial score (nSPS) is 42.3. The van der Waals surface area contributed by atoms with Gasteiger partial charge in [0.25, 0.3) is 0 Å². The Labute approximate surface area is 64.0 Å². The van der Waals surface area contributed by atoms with Gasteiger partial charge in [-0.2, -0.15) is 0 Å². The molecule has 0 saturated heterocycles. The topological polar surface area (TPSA) is 0 Å². The van der Waals surface area contributed by atoms with Crippen LogP contribution in [0.25, 0.3) is 0 Å². The van der Waals surface area contributed by atoms with Gasteiger partial charge in [-0.15, -0.1) is 0 Å². The molecule has 0 aromatic rings. The molecule has 0 aliphatic heterocycles. The zero-order chi connectivity index (χ0) is 6.97. The molecule has 0 bridgehead atoms. The second-order valence-corrected chi connectivity index (χ2v) is 4.06. The molecular weight excluding hydrogens is 120 g/mol. The monoisotopic (exact) mass is 138 g/mol. The Bertz CT molecular complexity index is 107. The summed E-state index contributed by atoms with van der Waals surface area (Å²) in [5.41, 5.74) is 0. The van der Waals surface area contributed by atoms with E-state index < -0.39 is 0 Å². The molecule has 0 N–H and O–H groups in total. The molecule has 0 nitrogen and oxygen atoms in total. The van der Waals surface area contributed by atoms with Crippen LogP contribution in [0.2, 0.25) is 0 Å². The predicted octanol–water partition coefficient (Wildman–Crippen LogP) is 3.22. The average molecular weight is 138 g/mol. The maximum Gasteiger partial charge on any atom is -0.0352 e. The first kappa shape index (κ1) is 6.69. The van der Waals surface area contributed by atoms with Crippen molar-refractivity contribution in [3.8, 4) is 0 Å². The molecule has 2 atom stereocenters. The van der Waals surface area contributed by atoms with E-state index in [1.165, 1.54) is 37.0 Å². The van der Waals surface area contributed by atoms with Crippen molar-refractivity contribution in [1.29, 1.82) is 0 Å². The van der Waals surface area contributed by atoms with Crippen LogP contribution in [0.15, 0.2) is 0 Å². The lowest BCUT2D eigenvalue weighted by Crippen LogP contribution is -1.93. The first-order chi connectivity index (χ1) is 4.93. The summed E-state index contributed by atoms with van der Waals surface area (Å²) in [6.07, 6.45) is 9.07. The van der Waals surface area contributed by atoms with Gasteiger partial charge in [0.15, 0.2) is 0 Å². The van der Waals surface area contributed by atoms with Gasteiger partial charge >= 0.3 is 0 Å². The number of unbranched alkanes of at least 4 members (excludes halogenated alkanes) is 2. The van der Waals surface area contributed by atoms with Gasteiger partial charge in [-0.25, -0.2) is 0 Å². The van der Waals surface area contributed by atoms with Crippen LogP contribution in [0.5, 0.6) is 0 Å². The van der Waals surface area contributed by atoms with Gasteiger partial charge in [0, 0.05) is 0 Å². The van der Waals surface area contributed by atoms with E-state index in [2.05, 4.69) is 6.92 Å². The molecule has 2 aliphatic carbocycles. The molecule has 0 heteroatoms. The molecule has 2 unspecified atom stereocenters. The molecule has 0 spiro atoms. The minimum absolute atomic E-state index is 1.20. The van der Waals surface area contributed by atoms with Crippen molar-refractivity contribution in [3.05, 3.63) is 0 Å². The minimum atomic E-state index is 1.20. The van der Waals surface area contributed by atoms with Crippen molar-refractivity contribution in [3.63, 3.8) is 0 Å². The maximum atomic E-state index is 2.29. The van der Waals surface area contributed by atoms with Crippen molar-refractivity contribution < 1.29 is 0 Å².